The minimum absolute atomic E-state index is 0.317. The molecule has 3 unspecified atom stereocenters. The number of nitrogens with two attached hydrogens (primary N) is 1. The Labute approximate surface area is 94.0 Å². The van der Waals surface area contributed by atoms with Crippen molar-refractivity contribution in [3.63, 3.8) is 0 Å². The molecule has 0 aromatic rings. The molecule has 2 N–H and O–H groups in total. The molecule has 1 saturated heterocycles. The first kappa shape index (κ1) is 12.9. The summed E-state index contributed by atoms with van der Waals surface area (Å²) in [4.78, 5) is 2.51. The van der Waals surface area contributed by atoms with Crippen molar-refractivity contribution in [1.82, 2.24) is 4.90 Å². The molecule has 0 aromatic heterocycles. The average Bonchev–Trinajstić information content (AvgIpc) is 2.46. The van der Waals surface area contributed by atoms with Crippen molar-refractivity contribution in [1.29, 1.82) is 0 Å². The number of ether oxygens (including phenoxy) is 1. The van der Waals surface area contributed by atoms with Crippen LogP contribution in [0.1, 0.15) is 26.7 Å². The number of hydrogen-bond acceptors (Lipinski definition) is 3. The monoisotopic (exact) mass is 214 g/mol. The number of hydrogen-bond donors (Lipinski definition) is 1. The van der Waals surface area contributed by atoms with Gasteiger partial charge >= 0.3 is 0 Å². The van der Waals surface area contributed by atoms with Gasteiger partial charge in [-0.05, 0) is 24.7 Å². The van der Waals surface area contributed by atoms with E-state index < -0.39 is 0 Å². The Hall–Kier alpha value is -0.120. The highest BCUT2D eigenvalue weighted by atomic mass is 16.5. The molecular weight excluding hydrogens is 188 g/mol. The second-order valence-corrected chi connectivity index (χ2v) is 5.07. The fraction of sp³-hybridized carbons (Fsp3) is 1.00. The Bertz CT molecular complexity index is 165. The molecule has 1 rings (SSSR count). The van der Waals surface area contributed by atoms with E-state index in [1.165, 1.54) is 13.1 Å². The molecule has 0 radical (unpaired) electrons. The SMILES string of the molecule is COCCCC(N)CN1CC(C)C(C)C1. The zero-order chi connectivity index (χ0) is 11.3. The first-order valence-electron chi connectivity index (χ1n) is 6.10. The Morgan fingerprint density at radius 2 is 1.93 bits per heavy atom. The highest BCUT2D eigenvalue weighted by Crippen LogP contribution is 2.22. The molecule has 3 heteroatoms. The van der Waals surface area contributed by atoms with Crippen LogP contribution >= 0.6 is 0 Å². The van der Waals surface area contributed by atoms with Crippen molar-refractivity contribution >= 4 is 0 Å². The van der Waals surface area contributed by atoms with Crippen LogP contribution in [0.15, 0.2) is 0 Å². The maximum atomic E-state index is 6.09. The van der Waals surface area contributed by atoms with Gasteiger partial charge in [0.1, 0.15) is 0 Å². The third-order valence-corrected chi connectivity index (χ3v) is 3.48. The third-order valence-electron chi connectivity index (χ3n) is 3.48. The van der Waals surface area contributed by atoms with Crippen molar-refractivity contribution < 1.29 is 4.74 Å². The summed E-state index contributed by atoms with van der Waals surface area (Å²) in [6.07, 6.45) is 2.16. The minimum Gasteiger partial charge on any atom is -0.385 e. The summed E-state index contributed by atoms with van der Waals surface area (Å²) in [6.45, 7) is 9.00. The Balaban J connectivity index is 2.13. The maximum Gasteiger partial charge on any atom is 0.0462 e. The number of methoxy groups -OCH3 is 1. The molecule has 15 heavy (non-hydrogen) atoms. The normalized spacial score (nSPS) is 29.6. The van der Waals surface area contributed by atoms with Crippen molar-refractivity contribution in [2.75, 3.05) is 33.4 Å². The topological polar surface area (TPSA) is 38.5 Å². The molecule has 0 spiro atoms. The largest absolute Gasteiger partial charge is 0.385 e. The molecule has 0 bridgehead atoms. The Kier molecular flexibility index (Phi) is 5.58. The second-order valence-electron chi connectivity index (χ2n) is 5.07. The van der Waals surface area contributed by atoms with Crippen LogP contribution in [-0.2, 0) is 4.74 Å². The molecule has 0 aromatic carbocycles. The fourth-order valence-corrected chi connectivity index (χ4v) is 2.31. The molecule has 1 fully saturated rings. The quantitative estimate of drug-likeness (QED) is 0.678. The van der Waals surface area contributed by atoms with Gasteiger partial charge in [-0.25, -0.2) is 0 Å². The molecule has 1 aliphatic heterocycles. The summed E-state index contributed by atoms with van der Waals surface area (Å²) in [5.74, 6) is 1.66. The summed E-state index contributed by atoms with van der Waals surface area (Å²) >= 11 is 0. The van der Waals surface area contributed by atoms with E-state index in [-0.39, 0.29) is 0 Å². The van der Waals surface area contributed by atoms with Crippen LogP contribution in [0.2, 0.25) is 0 Å². The van der Waals surface area contributed by atoms with E-state index in [1.54, 1.807) is 7.11 Å². The Morgan fingerprint density at radius 3 is 2.47 bits per heavy atom. The lowest BCUT2D eigenvalue weighted by molar-refractivity contribution is 0.187. The number of nitrogens with zero attached hydrogens (tertiary/aromatic N) is 1. The van der Waals surface area contributed by atoms with E-state index in [0.717, 1.165) is 37.8 Å². The smallest absolute Gasteiger partial charge is 0.0462 e. The van der Waals surface area contributed by atoms with Crippen molar-refractivity contribution in [2.24, 2.45) is 17.6 Å². The predicted octanol–water partition coefficient (Wildman–Crippen LogP) is 1.33. The van der Waals surface area contributed by atoms with E-state index >= 15 is 0 Å². The first-order valence-corrected chi connectivity index (χ1v) is 6.10. The average molecular weight is 214 g/mol. The second kappa shape index (κ2) is 6.46. The van der Waals surface area contributed by atoms with E-state index in [1.807, 2.05) is 0 Å². The van der Waals surface area contributed by atoms with E-state index in [0.29, 0.717) is 6.04 Å². The molecule has 1 heterocycles. The summed E-state index contributed by atoms with van der Waals surface area (Å²) in [6, 6.07) is 0.317. The molecule has 0 aliphatic carbocycles. The van der Waals surface area contributed by atoms with Crippen molar-refractivity contribution in [2.45, 2.75) is 32.7 Å². The van der Waals surface area contributed by atoms with Crippen LogP contribution in [0.5, 0.6) is 0 Å². The molecule has 0 saturated carbocycles. The van der Waals surface area contributed by atoms with Crippen molar-refractivity contribution in [3.8, 4) is 0 Å². The van der Waals surface area contributed by atoms with Crippen LogP contribution in [0, 0.1) is 11.8 Å². The molecule has 1 aliphatic rings. The van der Waals surface area contributed by atoms with Crippen LogP contribution in [-0.4, -0.2) is 44.3 Å². The summed E-state index contributed by atoms with van der Waals surface area (Å²) in [5, 5.41) is 0. The van der Waals surface area contributed by atoms with Gasteiger partial charge in [-0.15, -0.1) is 0 Å². The van der Waals surface area contributed by atoms with Gasteiger partial charge < -0.3 is 15.4 Å². The van der Waals surface area contributed by atoms with Crippen LogP contribution in [0.3, 0.4) is 0 Å². The number of rotatable bonds is 6. The van der Waals surface area contributed by atoms with E-state index in [4.69, 9.17) is 10.5 Å². The lowest BCUT2D eigenvalue weighted by Gasteiger charge is -2.20. The van der Waals surface area contributed by atoms with Crippen LogP contribution < -0.4 is 5.73 Å². The highest BCUT2D eigenvalue weighted by Gasteiger charge is 2.26. The fourth-order valence-electron chi connectivity index (χ4n) is 2.31. The molecule has 3 nitrogen and oxygen atoms in total. The van der Waals surface area contributed by atoms with Gasteiger partial charge in [-0.3, -0.25) is 0 Å². The van der Waals surface area contributed by atoms with E-state index in [2.05, 4.69) is 18.7 Å². The highest BCUT2D eigenvalue weighted by molar-refractivity contribution is 4.80. The van der Waals surface area contributed by atoms with Gasteiger partial charge in [0.2, 0.25) is 0 Å². The first-order chi connectivity index (χ1) is 7.13. The third kappa shape index (κ3) is 4.49. The lowest BCUT2D eigenvalue weighted by atomic mass is 10.0. The summed E-state index contributed by atoms with van der Waals surface area (Å²) < 4.78 is 5.03. The molecule has 0 amide bonds. The van der Waals surface area contributed by atoms with Crippen LogP contribution in [0.25, 0.3) is 0 Å². The zero-order valence-corrected chi connectivity index (χ0v) is 10.4. The van der Waals surface area contributed by atoms with E-state index in [9.17, 15) is 0 Å². The lowest BCUT2D eigenvalue weighted by Crippen LogP contribution is -2.36. The van der Waals surface area contributed by atoms with Gasteiger partial charge in [-0.1, -0.05) is 13.8 Å². The van der Waals surface area contributed by atoms with Gasteiger partial charge in [0.05, 0.1) is 0 Å². The van der Waals surface area contributed by atoms with Gasteiger partial charge in [-0.2, -0.15) is 0 Å². The molecular formula is C12H26N2O. The summed E-state index contributed by atoms with van der Waals surface area (Å²) in [5.41, 5.74) is 6.09. The maximum absolute atomic E-state index is 6.09. The zero-order valence-electron chi connectivity index (χ0n) is 10.4. The number of likely N-dealkylation sites (tertiary alicyclic amines) is 1. The standard InChI is InChI=1S/C12H26N2O/c1-10-7-14(8-11(10)2)9-12(13)5-4-6-15-3/h10-12H,4-9,13H2,1-3H3. The van der Waals surface area contributed by atoms with Crippen molar-refractivity contribution in [3.05, 3.63) is 0 Å². The Morgan fingerprint density at radius 1 is 1.33 bits per heavy atom. The molecule has 3 atom stereocenters. The van der Waals surface area contributed by atoms with Gasteiger partial charge in [0, 0.05) is 39.4 Å². The predicted molar refractivity (Wildman–Crippen MR) is 63.9 cm³/mol. The van der Waals surface area contributed by atoms with Gasteiger partial charge in [0.25, 0.3) is 0 Å². The van der Waals surface area contributed by atoms with Gasteiger partial charge in [0.15, 0.2) is 0 Å². The summed E-state index contributed by atoms with van der Waals surface area (Å²) in [7, 11) is 1.75. The minimum atomic E-state index is 0.317. The molecule has 90 valence electrons. The van der Waals surface area contributed by atoms with Crippen LogP contribution in [0.4, 0.5) is 0 Å².